The Morgan fingerprint density at radius 2 is 2.21 bits per heavy atom. The maximum absolute atomic E-state index is 13.1. The van der Waals surface area contributed by atoms with Crippen molar-refractivity contribution in [3.63, 3.8) is 0 Å². The molecular formula is C14H14BrFINS. The molecule has 1 unspecified atom stereocenters. The van der Waals surface area contributed by atoms with Gasteiger partial charge in [-0.1, -0.05) is 28.9 Å². The SMILES string of the molecule is CCNC(Cc1ccc(F)cc1Br)c1csc(I)c1. The molecule has 2 rings (SSSR count). The zero-order valence-corrected chi connectivity index (χ0v) is 15.0. The van der Waals surface area contributed by atoms with E-state index in [4.69, 9.17) is 0 Å². The third kappa shape index (κ3) is 4.24. The highest BCUT2D eigenvalue weighted by atomic mass is 127. The van der Waals surface area contributed by atoms with Crippen LogP contribution in [0.4, 0.5) is 4.39 Å². The quantitative estimate of drug-likeness (QED) is 0.617. The molecule has 1 N–H and O–H groups in total. The number of benzene rings is 1. The van der Waals surface area contributed by atoms with E-state index >= 15 is 0 Å². The van der Waals surface area contributed by atoms with Crippen molar-refractivity contribution in [2.75, 3.05) is 6.54 Å². The van der Waals surface area contributed by atoms with Crippen molar-refractivity contribution in [2.45, 2.75) is 19.4 Å². The molecule has 0 fully saturated rings. The highest BCUT2D eigenvalue weighted by molar-refractivity contribution is 14.1. The first-order valence-corrected chi connectivity index (χ1v) is 8.76. The van der Waals surface area contributed by atoms with Crippen molar-refractivity contribution in [2.24, 2.45) is 0 Å². The van der Waals surface area contributed by atoms with Crippen LogP contribution in [0.25, 0.3) is 0 Å². The van der Waals surface area contributed by atoms with Crippen LogP contribution in [0.15, 0.2) is 34.1 Å². The molecular weight excluding hydrogens is 440 g/mol. The largest absolute Gasteiger partial charge is 0.310 e. The van der Waals surface area contributed by atoms with Crippen LogP contribution in [-0.2, 0) is 6.42 Å². The van der Waals surface area contributed by atoms with Gasteiger partial charge < -0.3 is 5.32 Å². The standard InChI is InChI=1S/C14H14BrFINS/c1-2-18-13(10-6-14(17)19-8-10)5-9-3-4-11(16)7-12(9)15/h3-4,6-8,13,18H,2,5H2,1H3. The van der Waals surface area contributed by atoms with Gasteiger partial charge in [0.1, 0.15) is 5.82 Å². The molecule has 0 aliphatic carbocycles. The summed E-state index contributed by atoms with van der Waals surface area (Å²) in [6.07, 6.45) is 0.849. The Balaban J connectivity index is 2.21. The van der Waals surface area contributed by atoms with Crippen molar-refractivity contribution in [1.29, 1.82) is 0 Å². The molecule has 1 aromatic carbocycles. The lowest BCUT2D eigenvalue weighted by Gasteiger charge is -2.17. The number of thiophene rings is 1. The number of likely N-dealkylation sites (N-methyl/N-ethyl adjacent to an activating group) is 1. The highest BCUT2D eigenvalue weighted by Gasteiger charge is 2.14. The molecule has 1 nitrogen and oxygen atoms in total. The zero-order chi connectivity index (χ0) is 13.8. The molecule has 0 aliphatic heterocycles. The molecule has 0 amide bonds. The third-order valence-electron chi connectivity index (χ3n) is 2.88. The predicted molar refractivity (Wildman–Crippen MR) is 91.3 cm³/mol. The number of hydrogen-bond acceptors (Lipinski definition) is 2. The predicted octanol–water partition coefficient (Wildman–Crippen LogP) is 5.15. The zero-order valence-electron chi connectivity index (χ0n) is 10.4. The molecule has 0 aliphatic rings. The molecule has 0 spiro atoms. The van der Waals surface area contributed by atoms with Crippen LogP contribution in [0.1, 0.15) is 24.1 Å². The molecule has 0 radical (unpaired) electrons. The number of hydrogen-bond donors (Lipinski definition) is 1. The van der Waals surface area contributed by atoms with Gasteiger partial charge in [0.25, 0.3) is 0 Å². The van der Waals surface area contributed by atoms with E-state index in [2.05, 4.69) is 62.2 Å². The van der Waals surface area contributed by atoms with Crippen LogP contribution in [0.3, 0.4) is 0 Å². The lowest BCUT2D eigenvalue weighted by Crippen LogP contribution is -2.22. The van der Waals surface area contributed by atoms with E-state index in [1.807, 2.05) is 6.07 Å². The minimum Gasteiger partial charge on any atom is -0.310 e. The van der Waals surface area contributed by atoms with E-state index in [-0.39, 0.29) is 11.9 Å². The van der Waals surface area contributed by atoms with Gasteiger partial charge in [-0.25, -0.2) is 4.39 Å². The van der Waals surface area contributed by atoms with Crippen LogP contribution < -0.4 is 5.32 Å². The summed E-state index contributed by atoms with van der Waals surface area (Å²) in [6, 6.07) is 7.36. The van der Waals surface area contributed by atoms with Crippen LogP contribution in [0.5, 0.6) is 0 Å². The minimum absolute atomic E-state index is 0.208. The molecule has 1 heterocycles. The van der Waals surface area contributed by atoms with Gasteiger partial charge in [-0.15, -0.1) is 11.3 Å². The summed E-state index contributed by atoms with van der Waals surface area (Å²) < 4.78 is 15.2. The summed E-state index contributed by atoms with van der Waals surface area (Å²) in [4.78, 5) is 0. The second kappa shape index (κ2) is 7.15. The fourth-order valence-corrected chi connectivity index (χ4v) is 3.91. The van der Waals surface area contributed by atoms with Gasteiger partial charge in [-0.2, -0.15) is 0 Å². The monoisotopic (exact) mass is 453 g/mol. The number of rotatable bonds is 5. The molecule has 0 saturated carbocycles. The lowest BCUT2D eigenvalue weighted by molar-refractivity contribution is 0.549. The van der Waals surface area contributed by atoms with E-state index in [1.54, 1.807) is 11.3 Å². The van der Waals surface area contributed by atoms with Crippen molar-refractivity contribution < 1.29 is 4.39 Å². The first kappa shape index (κ1) is 15.4. The summed E-state index contributed by atoms with van der Waals surface area (Å²) in [5.41, 5.74) is 2.42. The van der Waals surface area contributed by atoms with Crippen molar-refractivity contribution in [1.82, 2.24) is 5.32 Å². The van der Waals surface area contributed by atoms with E-state index in [0.29, 0.717) is 0 Å². The lowest BCUT2D eigenvalue weighted by atomic mass is 10.0. The average Bonchev–Trinajstić information content (AvgIpc) is 2.78. The molecule has 102 valence electrons. The smallest absolute Gasteiger partial charge is 0.124 e. The maximum Gasteiger partial charge on any atom is 0.124 e. The molecule has 0 bridgehead atoms. The van der Waals surface area contributed by atoms with E-state index in [9.17, 15) is 4.39 Å². The van der Waals surface area contributed by atoms with Crippen LogP contribution >= 0.6 is 49.9 Å². The summed E-state index contributed by atoms with van der Waals surface area (Å²) in [6.45, 7) is 3.01. The summed E-state index contributed by atoms with van der Waals surface area (Å²) in [5.74, 6) is -0.208. The molecule has 0 saturated heterocycles. The van der Waals surface area contributed by atoms with Gasteiger partial charge in [0.15, 0.2) is 0 Å². The molecule has 5 heteroatoms. The topological polar surface area (TPSA) is 12.0 Å². The van der Waals surface area contributed by atoms with Gasteiger partial charge in [-0.05, 0) is 70.3 Å². The van der Waals surface area contributed by atoms with Crippen LogP contribution in [0, 0.1) is 8.70 Å². The van der Waals surface area contributed by atoms with Crippen molar-refractivity contribution in [3.05, 3.63) is 53.9 Å². The van der Waals surface area contributed by atoms with Gasteiger partial charge in [0, 0.05) is 10.5 Å². The van der Waals surface area contributed by atoms with E-state index < -0.39 is 0 Å². The second-order valence-corrected chi connectivity index (χ2v) is 7.89. The fraction of sp³-hybridized carbons (Fsp3) is 0.286. The highest BCUT2D eigenvalue weighted by Crippen LogP contribution is 2.28. The van der Waals surface area contributed by atoms with E-state index in [0.717, 1.165) is 23.0 Å². The number of halogens is 3. The van der Waals surface area contributed by atoms with Gasteiger partial charge >= 0.3 is 0 Å². The third-order valence-corrected chi connectivity index (χ3v) is 5.43. The Hall–Kier alpha value is 0.0200. The normalized spacial score (nSPS) is 12.6. The maximum atomic E-state index is 13.1. The molecule has 1 atom stereocenters. The van der Waals surface area contributed by atoms with Crippen molar-refractivity contribution in [3.8, 4) is 0 Å². The van der Waals surface area contributed by atoms with E-state index in [1.165, 1.54) is 20.6 Å². The Bertz CT molecular complexity index is 558. The van der Waals surface area contributed by atoms with Crippen LogP contribution in [0.2, 0.25) is 0 Å². The van der Waals surface area contributed by atoms with Crippen LogP contribution in [-0.4, -0.2) is 6.54 Å². The molecule has 19 heavy (non-hydrogen) atoms. The van der Waals surface area contributed by atoms with Gasteiger partial charge in [0.2, 0.25) is 0 Å². The summed E-state index contributed by atoms with van der Waals surface area (Å²) in [7, 11) is 0. The Morgan fingerprint density at radius 1 is 1.42 bits per heavy atom. The number of nitrogens with one attached hydrogen (secondary N) is 1. The molecule has 2 aromatic rings. The average molecular weight is 454 g/mol. The Morgan fingerprint density at radius 3 is 2.79 bits per heavy atom. The van der Waals surface area contributed by atoms with Crippen molar-refractivity contribution >= 4 is 49.9 Å². The summed E-state index contributed by atoms with van der Waals surface area (Å²) >= 11 is 7.52. The second-order valence-electron chi connectivity index (χ2n) is 4.23. The van der Waals surface area contributed by atoms with Gasteiger partial charge in [-0.3, -0.25) is 0 Å². The Labute approximate surface area is 138 Å². The minimum atomic E-state index is -0.208. The first-order valence-electron chi connectivity index (χ1n) is 6.01. The molecule has 1 aromatic heterocycles. The fourth-order valence-electron chi connectivity index (χ4n) is 1.97. The summed E-state index contributed by atoms with van der Waals surface area (Å²) in [5, 5.41) is 5.68. The first-order chi connectivity index (χ1) is 9.10. The van der Waals surface area contributed by atoms with Gasteiger partial charge in [0.05, 0.1) is 2.88 Å². The Kier molecular flexibility index (Phi) is 5.80.